The van der Waals surface area contributed by atoms with Crippen LogP contribution in [0.5, 0.6) is 0 Å². The van der Waals surface area contributed by atoms with Gasteiger partial charge in [0.05, 0.1) is 11.1 Å². The third kappa shape index (κ3) is 1.77. The van der Waals surface area contributed by atoms with Gasteiger partial charge in [-0.05, 0) is 0 Å². The number of alkyl halides is 2. The van der Waals surface area contributed by atoms with Crippen molar-refractivity contribution in [1.82, 2.24) is 4.98 Å². The van der Waals surface area contributed by atoms with Gasteiger partial charge in [0.2, 0.25) is 5.95 Å². The molecular formula is C7H6F4N2. The Hall–Kier alpha value is -1.17. The van der Waals surface area contributed by atoms with Gasteiger partial charge in [-0.1, -0.05) is 0 Å². The smallest absolute Gasteiger partial charge is 0.268 e. The molecule has 13 heavy (non-hydrogen) atoms. The zero-order valence-electron chi connectivity index (χ0n) is 6.40. The van der Waals surface area contributed by atoms with Crippen LogP contribution in [0.2, 0.25) is 0 Å². The van der Waals surface area contributed by atoms with Crippen molar-refractivity contribution < 1.29 is 17.6 Å². The number of pyridine rings is 1. The van der Waals surface area contributed by atoms with Gasteiger partial charge >= 0.3 is 0 Å². The SMILES string of the molecule is NCc1c(F)ncc(C(F)F)c1F. The van der Waals surface area contributed by atoms with Gasteiger partial charge in [0.1, 0.15) is 5.82 Å². The molecule has 2 nitrogen and oxygen atoms in total. The second-order valence-electron chi connectivity index (χ2n) is 2.30. The molecule has 0 saturated carbocycles. The molecule has 0 saturated heterocycles. The summed E-state index contributed by atoms with van der Waals surface area (Å²) in [6.07, 6.45) is -2.55. The van der Waals surface area contributed by atoms with E-state index in [9.17, 15) is 17.6 Å². The summed E-state index contributed by atoms with van der Waals surface area (Å²) in [6, 6.07) is 0. The molecule has 1 heterocycles. The Bertz CT molecular complexity index is 314. The van der Waals surface area contributed by atoms with Crippen molar-refractivity contribution >= 4 is 0 Å². The van der Waals surface area contributed by atoms with Crippen LogP contribution in [0.4, 0.5) is 17.6 Å². The summed E-state index contributed by atoms with van der Waals surface area (Å²) in [7, 11) is 0. The first kappa shape index (κ1) is 9.91. The van der Waals surface area contributed by atoms with Gasteiger partial charge in [-0.3, -0.25) is 0 Å². The van der Waals surface area contributed by atoms with E-state index < -0.39 is 35.9 Å². The molecule has 0 atom stereocenters. The second kappa shape index (κ2) is 3.69. The average Bonchev–Trinajstić information content (AvgIpc) is 2.04. The highest BCUT2D eigenvalue weighted by Gasteiger charge is 2.19. The fraction of sp³-hybridized carbons (Fsp3) is 0.286. The maximum absolute atomic E-state index is 12.9. The predicted octanol–water partition coefficient (Wildman–Crippen LogP) is 1.76. The van der Waals surface area contributed by atoms with Crippen LogP contribution in [-0.4, -0.2) is 4.98 Å². The summed E-state index contributed by atoms with van der Waals surface area (Å²) in [5.41, 5.74) is 3.41. The minimum absolute atomic E-state index is 0.467. The van der Waals surface area contributed by atoms with Crippen molar-refractivity contribution in [3.05, 3.63) is 29.1 Å². The van der Waals surface area contributed by atoms with E-state index in [2.05, 4.69) is 4.98 Å². The van der Waals surface area contributed by atoms with Crippen molar-refractivity contribution in [3.8, 4) is 0 Å². The zero-order chi connectivity index (χ0) is 10.0. The van der Waals surface area contributed by atoms with Crippen molar-refractivity contribution in [3.63, 3.8) is 0 Å². The van der Waals surface area contributed by atoms with Gasteiger partial charge in [0.15, 0.2) is 0 Å². The topological polar surface area (TPSA) is 38.9 Å². The van der Waals surface area contributed by atoms with E-state index in [1.807, 2.05) is 0 Å². The summed E-state index contributed by atoms with van der Waals surface area (Å²) in [5, 5.41) is 0. The van der Waals surface area contributed by atoms with Gasteiger partial charge in [-0.25, -0.2) is 18.2 Å². The maximum atomic E-state index is 12.9. The number of rotatable bonds is 2. The van der Waals surface area contributed by atoms with Crippen molar-refractivity contribution in [2.45, 2.75) is 13.0 Å². The number of hydrogen-bond donors (Lipinski definition) is 1. The Labute approximate surface area is 71.4 Å². The maximum Gasteiger partial charge on any atom is 0.268 e. The molecular weight excluding hydrogens is 188 g/mol. The van der Waals surface area contributed by atoms with Gasteiger partial charge < -0.3 is 5.73 Å². The lowest BCUT2D eigenvalue weighted by atomic mass is 10.2. The normalized spacial score (nSPS) is 10.9. The Kier molecular flexibility index (Phi) is 2.82. The lowest BCUT2D eigenvalue weighted by Gasteiger charge is -2.05. The first-order valence-corrected chi connectivity index (χ1v) is 3.39. The molecule has 0 aliphatic heterocycles. The number of nitrogens with two attached hydrogens (primary N) is 1. The number of nitrogens with zero attached hydrogens (tertiary/aromatic N) is 1. The Morgan fingerprint density at radius 1 is 1.38 bits per heavy atom. The molecule has 0 amide bonds. The molecule has 2 N–H and O–H groups in total. The molecule has 0 aliphatic carbocycles. The number of halogens is 4. The largest absolute Gasteiger partial charge is 0.326 e. The van der Waals surface area contributed by atoms with Gasteiger partial charge in [-0.15, -0.1) is 0 Å². The van der Waals surface area contributed by atoms with Crippen molar-refractivity contribution in [1.29, 1.82) is 0 Å². The van der Waals surface area contributed by atoms with Crippen molar-refractivity contribution in [2.24, 2.45) is 5.73 Å². The van der Waals surface area contributed by atoms with Crippen LogP contribution < -0.4 is 5.73 Å². The Morgan fingerprint density at radius 3 is 2.46 bits per heavy atom. The standard InChI is InChI=1S/C7H6F4N2/c8-5-3(1-12)7(11)13-2-4(5)6(9)10/h2,6H,1,12H2. The van der Waals surface area contributed by atoms with Crippen LogP contribution in [0.1, 0.15) is 17.6 Å². The van der Waals surface area contributed by atoms with E-state index in [0.717, 1.165) is 0 Å². The van der Waals surface area contributed by atoms with Crippen molar-refractivity contribution in [2.75, 3.05) is 0 Å². The van der Waals surface area contributed by atoms with Crippen LogP contribution in [0.25, 0.3) is 0 Å². The van der Waals surface area contributed by atoms with Crippen LogP contribution in [0.15, 0.2) is 6.20 Å². The molecule has 0 radical (unpaired) electrons. The molecule has 72 valence electrons. The quantitative estimate of drug-likeness (QED) is 0.575. The van der Waals surface area contributed by atoms with E-state index >= 15 is 0 Å². The van der Waals surface area contributed by atoms with Crippen LogP contribution in [0, 0.1) is 11.8 Å². The molecule has 6 heteroatoms. The van der Waals surface area contributed by atoms with Crippen LogP contribution in [0.3, 0.4) is 0 Å². The highest BCUT2D eigenvalue weighted by molar-refractivity contribution is 5.23. The zero-order valence-corrected chi connectivity index (χ0v) is 6.40. The molecule has 0 aromatic carbocycles. The summed E-state index contributed by atoms with van der Waals surface area (Å²) < 4.78 is 49.6. The molecule has 1 aromatic heterocycles. The van der Waals surface area contributed by atoms with Gasteiger partial charge in [0, 0.05) is 12.7 Å². The Balaban J connectivity index is 3.27. The Morgan fingerprint density at radius 2 is 2.00 bits per heavy atom. The summed E-state index contributed by atoms with van der Waals surface area (Å²) in [5.74, 6) is -2.46. The minimum Gasteiger partial charge on any atom is -0.326 e. The highest BCUT2D eigenvalue weighted by atomic mass is 19.3. The van der Waals surface area contributed by atoms with Gasteiger partial charge in [0.25, 0.3) is 6.43 Å². The predicted molar refractivity (Wildman–Crippen MR) is 37.0 cm³/mol. The second-order valence-corrected chi connectivity index (χ2v) is 2.30. The van der Waals surface area contributed by atoms with E-state index in [1.54, 1.807) is 0 Å². The number of hydrogen-bond acceptors (Lipinski definition) is 2. The summed E-state index contributed by atoms with van der Waals surface area (Å²) in [6.45, 7) is -0.495. The van der Waals surface area contributed by atoms with Gasteiger partial charge in [-0.2, -0.15) is 4.39 Å². The molecule has 0 bridgehead atoms. The van der Waals surface area contributed by atoms with Crippen LogP contribution in [-0.2, 0) is 6.54 Å². The van der Waals surface area contributed by atoms with E-state index in [4.69, 9.17) is 5.73 Å². The molecule has 0 fully saturated rings. The first-order valence-electron chi connectivity index (χ1n) is 3.39. The van der Waals surface area contributed by atoms with E-state index in [-0.39, 0.29) is 0 Å². The minimum atomic E-state index is -3.02. The monoisotopic (exact) mass is 194 g/mol. The van der Waals surface area contributed by atoms with E-state index in [1.165, 1.54) is 0 Å². The summed E-state index contributed by atoms with van der Waals surface area (Å²) in [4.78, 5) is 2.97. The molecule has 1 rings (SSSR count). The lowest BCUT2D eigenvalue weighted by Crippen LogP contribution is -2.08. The third-order valence-corrected chi connectivity index (χ3v) is 1.52. The molecule has 0 unspecified atom stereocenters. The average molecular weight is 194 g/mol. The molecule has 0 spiro atoms. The fourth-order valence-corrected chi connectivity index (χ4v) is 0.852. The lowest BCUT2D eigenvalue weighted by molar-refractivity contribution is 0.145. The molecule has 0 aliphatic rings. The summed E-state index contributed by atoms with van der Waals surface area (Å²) >= 11 is 0. The third-order valence-electron chi connectivity index (χ3n) is 1.52. The number of aromatic nitrogens is 1. The fourth-order valence-electron chi connectivity index (χ4n) is 0.852. The molecule has 1 aromatic rings. The van der Waals surface area contributed by atoms with E-state index in [0.29, 0.717) is 6.20 Å². The van der Waals surface area contributed by atoms with Crippen LogP contribution >= 0.6 is 0 Å². The highest BCUT2D eigenvalue weighted by Crippen LogP contribution is 2.23. The first-order chi connectivity index (χ1) is 6.07.